The molecule has 0 bridgehead atoms. The van der Waals surface area contributed by atoms with Crippen molar-refractivity contribution in [2.24, 2.45) is 5.41 Å². The molecule has 1 aromatic rings. The van der Waals surface area contributed by atoms with E-state index in [0.29, 0.717) is 0 Å². The van der Waals surface area contributed by atoms with Gasteiger partial charge in [-0.2, -0.15) is 8.42 Å². The zero-order chi connectivity index (χ0) is 22.1. The minimum Gasteiger partial charge on any atom is -0.285 e. The molecule has 0 fully saturated rings. The standard InChI is InChI=1S/C25H38O3S/c1-8-23(5,9-2)18-19-12-13-22(24(6,10-3)11-4)21-15-17-25(7,29(26,27)28)16-14-20(19)21/h12-17H,8-11,18H2,1-7H3,(H,26,27,28). The van der Waals surface area contributed by atoms with E-state index in [1.54, 1.807) is 19.1 Å². The third-order valence-electron chi connectivity index (χ3n) is 7.63. The molecule has 0 saturated heterocycles. The Morgan fingerprint density at radius 2 is 1.41 bits per heavy atom. The van der Waals surface area contributed by atoms with Gasteiger partial charge in [0.2, 0.25) is 0 Å². The first-order valence-corrected chi connectivity index (χ1v) is 12.3. The molecule has 0 amide bonds. The highest BCUT2D eigenvalue weighted by atomic mass is 32.2. The number of rotatable bonds is 8. The first-order chi connectivity index (χ1) is 13.4. The number of fused-ring (bicyclic) bond motifs is 1. The van der Waals surface area contributed by atoms with Crippen LogP contribution in [0.1, 0.15) is 96.4 Å². The molecule has 1 N–H and O–H groups in total. The topological polar surface area (TPSA) is 54.4 Å². The van der Waals surface area contributed by atoms with Crippen LogP contribution < -0.4 is 0 Å². The maximum atomic E-state index is 12.1. The summed E-state index contributed by atoms with van der Waals surface area (Å²) < 4.78 is 32.5. The van der Waals surface area contributed by atoms with Crippen molar-refractivity contribution in [3.05, 3.63) is 46.5 Å². The van der Waals surface area contributed by atoms with E-state index >= 15 is 0 Å². The molecule has 0 heterocycles. The molecule has 0 aromatic heterocycles. The van der Waals surface area contributed by atoms with Crippen molar-refractivity contribution < 1.29 is 13.0 Å². The first-order valence-electron chi connectivity index (χ1n) is 10.9. The normalized spacial score (nSPS) is 19.9. The van der Waals surface area contributed by atoms with E-state index in [-0.39, 0.29) is 10.8 Å². The van der Waals surface area contributed by atoms with Crippen molar-refractivity contribution >= 4 is 22.3 Å². The van der Waals surface area contributed by atoms with Gasteiger partial charge in [0.1, 0.15) is 4.75 Å². The van der Waals surface area contributed by atoms with Gasteiger partial charge in [-0.1, -0.05) is 90.8 Å². The summed E-state index contributed by atoms with van der Waals surface area (Å²) >= 11 is 0. The van der Waals surface area contributed by atoms with Crippen LogP contribution >= 0.6 is 0 Å². The molecule has 162 valence electrons. The van der Waals surface area contributed by atoms with E-state index < -0.39 is 14.9 Å². The molecule has 0 aliphatic heterocycles. The zero-order valence-corrected chi connectivity index (χ0v) is 20.0. The Kier molecular flexibility index (Phi) is 6.91. The van der Waals surface area contributed by atoms with E-state index in [4.69, 9.17) is 0 Å². The van der Waals surface area contributed by atoms with Crippen molar-refractivity contribution in [2.75, 3.05) is 0 Å². The molecule has 1 aliphatic rings. The summed E-state index contributed by atoms with van der Waals surface area (Å²) in [5, 5.41) is 0. The Morgan fingerprint density at radius 1 is 0.897 bits per heavy atom. The molecular formula is C25H38O3S. The van der Waals surface area contributed by atoms with E-state index in [0.717, 1.165) is 43.2 Å². The van der Waals surface area contributed by atoms with Crippen LogP contribution in [0.3, 0.4) is 0 Å². The van der Waals surface area contributed by atoms with Crippen molar-refractivity contribution in [3.63, 3.8) is 0 Å². The average molecular weight is 419 g/mol. The minimum atomic E-state index is -4.26. The van der Waals surface area contributed by atoms with Gasteiger partial charge in [-0.05, 0) is 59.3 Å². The molecule has 29 heavy (non-hydrogen) atoms. The molecule has 0 saturated carbocycles. The van der Waals surface area contributed by atoms with Gasteiger partial charge in [0.05, 0.1) is 0 Å². The molecule has 1 aliphatic carbocycles. The maximum Gasteiger partial charge on any atom is 0.277 e. The fraction of sp³-hybridized carbons (Fsp3) is 0.600. The third kappa shape index (κ3) is 4.54. The molecule has 3 nitrogen and oxygen atoms in total. The van der Waals surface area contributed by atoms with Crippen molar-refractivity contribution in [3.8, 4) is 0 Å². The summed E-state index contributed by atoms with van der Waals surface area (Å²) in [6, 6.07) is 4.47. The summed E-state index contributed by atoms with van der Waals surface area (Å²) in [6.45, 7) is 15.0. The number of hydrogen-bond donors (Lipinski definition) is 1. The lowest BCUT2D eigenvalue weighted by molar-refractivity contribution is 0.295. The van der Waals surface area contributed by atoms with Crippen LogP contribution in [0.4, 0.5) is 0 Å². The SMILES string of the molecule is CCC(C)(CC)Cc1ccc(C(C)(CC)CC)c2c1C=CC(C)(S(=O)(=O)O)C=C2. The lowest BCUT2D eigenvalue weighted by atomic mass is 9.72. The molecule has 0 spiro atoms. The molecule has 0 radical (unpaired) electrons. The quantitative estimate of drug-likeness (QED) is 0.471. The molecular weight excluding hydrogens is 380 g/mol. The van der Waals surface area contributed by atoms with Gasteiger partial charge in [-0.15, -0.1) is 0 Å². The van der Waals surface area contributed by atoms with Crippen LogP contribution in [0.5, 0.6) is 0 Å². The Hall–Kier alpha value is -1.39. The van der Waals surface area contributed by atoms with Crippen LogP contribution in [0.2, 0.25) is 0 Å². The van der Waals surface area contributed by atoms with Gasteiger partial charge in [-0.25, -0.2) is 0 Å². The molecule has 1 unspecified atom stereocenters. The van der Waals surface area contributed by atoms with Gasteiger partial charge < -0.3 is 0 Å². The van der Waals surface area contributed by atoms with Crippen LogP contribution in [0, 0.1) is 5.41 Å². The third-order valence-corrected chi connectivity index (χ3v) is 9.01. The Balaban J connectivity index is 2.78. The second kappa shape index (κ2) is 8.39. The second-order valence-electron chi connectivity index (χ2n) is 9.39. The molecule has 4 heteroatoms. The highest BCUT2D eigenvalue weighted by Gasteiger charge is 2.35. The zero-order valence-electron chi connectivity index (χ0n) is 19.2. The Morgan fingerprint density at radius 3 is 1.86 bits per heavy atom. The predicted octanol–water partition coefficient (Wildman–Crippen LogP) is 6.82. The average Bonchev–Trinajstić information content (AvgIpc) is 2.88. The second-order valence-corrected chi connectivity index (χ2v) is 11.2. The minimum absolute atomic E-state index is 0.0123. The largest absolute Gasteiger partial charge is 0.285 e. The van der Waals surface area contributed by atoms with E-state index in [2.05, 4.69) is 53.7 Å². The van der Waals surface area contributed by atoms with E-state index in [1.165, 1.54) is 11.1 Å². The highest BCUT2D eigenvalue weighted by Crippen LogP contribution is 2.41. The van der Waals surface area contributed by atoms with Crippen molar-refractivity contribution in [1.29, 1.82) is 0 Å². The summed E-state index contributed by atoms with van der Waals surface area (Å²) in [5.41, 5.74) is 4.88. The summed E-state index contributed by atoms with van der Waals surface area (Å²) in [5.74, 6) is 0. The van der Waals surface area contributed by atoms with Gasteiger partial charge in [0.15, 0.2) is 0 Å². The van der Waals surface area contributed by atoms with E-state index in [1.807, 2.05) is 12.2 Å². The smallest absolute Gasteiger partial charge is 0.277 e. The fourth-order valence-electron chi connectivity index (χ4n) is 4.05. The van der Waals surface area contributed by atoms with Gasteiger partial charge >= 0.3 is 0 Å². The fourth-order valence-corrected chi connectivity index (χ4v) is 4.53. The van der Waals surface area contributed by atoms with Crippen molar-refractivity contribution in [2.45, 2.75) is 90.7 Å². The van der Waals surface area contributed by atoms with Gasteiger partial charge in [0.25, 0.3) is 10.1 Å². The monoisotopic (exact) mass is 418 g/mol. The summed E-state index contributed by atoms with van der Waals surface area (Å²) in [6.07, 6.45) is 12.2. The lowest BCUT2D eigenvalue weighted by Gasteiger charge is -2.32. The first kappa shape index (κ1) is 23.9. The van der Waals surface area contributed by atoms with Gasteiger partial charge in [0, 0.05) is 0 Å². The predicted molar refractivity (Wildman–Crippen MR) is 125 cm³/mol. The Bertz CT molecular complexity index is 900. The van der Waals surface area contributed by atoms with Crippen LogP contribution in [0.25, 0.3) is 12.2 Å². The lowest BCUT2D eigenvalue weighted by Crippen LogP contribution is -2.29. The summed E-state index contributed by atoms with van der Waals surface area (Å²) in [4.78, 5) is 0. The maximum absolute atomic E-state index is 12.1. The van der Waals surface area contributed by atoms with Crippen molar-refractivity contribution in [1.82, 2.24) is 0 Å². The highest BCUT2D eigenvalue weighted by molar-refractivity contribution is 7.87. The van der Waals surface area contributed by atoms with Crippen LogP contribution in [-0.2, 0) is 22.0 Å². The Labute approximate surface area is 178 Å². The molecule has 1 aromatic carbocycles. The number of hydrogen-bond acceptors (Lipinski definition) is 2. The van der Waals surface area contributed by atoms with E-state index in [9.17, 15) is 13.0 Å². The molecule has 1 atom stereocenters. The van der Waals surface area contributed by atoms with Crippen LogP contribution in [-0.4, -0.2) is 17.7 Å². The van der Waals surface area contributed by atoms with Crippen LogP contribution in [0.15, 0.2) is 24.3 Å². The number of benzene rings is 1. The van der Waals surface area contributed by atoms with Gasteiger partial charge in [-0.3, -0.25) is 4.55 Å². The molecule has 2 rings (SSSR count). The summed E-state index contributed by atoms with van der Waals surface area (Å²) in [7, 11) is -4.26.